The molecule has 1 N–H and O–H groups in total. The molecule has 0 amide bonds. The fourth-order valence-electron chi connectivity index (χ4n) is 1.17. The van der Waals surface area contributed by atoms with Crippen LogP contribution in [0, 0.1) is 0 Å². The van der Waals surface area contributed by atoms with Crippen LogP contribution in [0.3, 0.4) is 0 Å². The Hall–Kier alpha value is -1.69. The lowest BCUT2D eigenvalue weighted by molar-refractivity contribution is 0.326. The average molecular weight is 236 g/mol. The molecular formula is C10H12N4OS. The second kappa shape index (κ2) is 5.41. The lowest BCUT2D eigenvalue weighted by atomic mass is 10.5. The summed E-state index contributed by atoms with van der Waals surface area (Å²) in [6.07, 6.45) is 3.27. The molecule has 0 bridgehead atoms. The van der Waals surface area contributed by atoms with Gasteiger partial charge in [-0.3, -0.25) is 0 Å². The zero-order valence-electron chi connectivity index (χ0n) is 8.88. The highest BCUT2D eigenvalue weighted by Gasteiger charge is 2.00. The van der Waals surface area contributed by atoms with E-state index in [-0.39, 0.29) is 0 Å². The van der Waals surface area contributed by atoms with Crippen LogP contribution >= 0.6 is 11.3 Å². The van der Waals surface area contributed by atoms with Gasteiger partial charge in [0.05, 0.1) is 13.2 Å². The highest BCUT2D eigenvalue weighted by molar-refractivity contribution is 7.09. The number of nitrogens with one attached hydrogen (secondary N) is 1. The molecule has 2 aromatic heterocycles. The third kappa shape index (κ3) is 2.90. The van der Waals surface area contributed by atoms with Crippen LogP contribution in [0.5, 0.6) is 5.88 Å². The summed E-state index contributed by atoms with van der Waals surface area (Å²) in [5.74, 6) is 1.33. The number of rotatable bonds is 5. The molecule has 0 aliphatic carbocycles. The Morgan fingerprint density at radius 2 is 2.31 bits per heavy atom. The lowest BCUT2D eigenvalue weighted by Gasteiger charge is -2.05. The van der Waals surface area contributed by atoms with E-state index >= 15 is 0 Å². The minimum atomic E-state index is 0.583. The van der Waals surface area contributed by atoms with Crippen molar-refractivity contribution in [1.29, 1.82) is 0 Å². The Morgan fingerprint density at radius 3 is 3.06 bits per heavy atom. The lowest BCUT2D eigenvalue weighted by Crippen LogP contribution is -2.02. The van der Waals surface area contributed by atoms with E-state index in [1.165, 1.54) is 6.33 Å². The summed E-state index contributed by atoms with van der Waals surface area (Å²) in [6.45, 7) is 3.19. The van der Waals surface area contributed by atoms with Gasteiger partial charge in [-0.15, -0.1) is 11.3 Å². The van der Waals surface area contributed by atoms with Crippen LogP contribution in [0.2, 0.25) is 0 Å². The molecule has 0 atom stereocenters. The molecule has 0 unspecified atom stereocenters. The standard InChI is InChI=1S/C10H12N4OS/c1-2-15-9-5-8(13-7-14-9)12-6-10-11-3-4-16-10/h3-5,7H,2,6H2,1H3,(H,12,13,14). The largest absolute Gasteiger partial charge is 0.478 e. The maximum absolute atomic E-state index is 5.28. The maximum atomic E-state index is 5.28. The second-order valence-electron chi connectivity index (χ2n) is 2.95. The van der Waals surface area contributed by atoms with Crippen LogP contribution in [0.4, 0.5) is 5.82 Å². The van der Waals surface area contributed by atoms with Gasteiger partial charge in [-0.1, -0.05) is 0 Å². The highest BCUT2D eigenvalue weighted by atomic mass is 32.1. The summed E-state index contributed by atoms with van der Waals surface area (Å²) >= 11 is 1.61. The quantitative estimate of drug-likeness (QED) is 0.859. The van der Waals surface area contributed by atoms with Gasteiger partial charge < -0.3 is 10.1 Å². The number of anilines is 1. The molecule has 0 aliphatic rings. The Bertz CT molecular complexity index is 432. The summed E-state index contributed by atoms with van der Waals surface area (Å²) in [7, 11) is 0. The van der Waals surface area contributed by atoms with Crippen molar-refractivity contribution in [2.24, 2.45) is 0 Å². The maximum Gasteiger partial charge on any atom is 0.218 e. The van der Waals surface area contributed by atoms with Crippen LogP contribution < -0.4 is 10.1 Å². The van der Waals surface area contributed by atoms with E-state index in [0.717, 1.165) is 10.8 Å². The van der Waals surface area contributed by atoms with Crippen LogP contribution in [0.15, 0.2) is 24.0 Å². The summed E-state index contributed by atoms with van der Waals surface area (Å²) in [6, 6.07) is 1.77. The molecule has 0 spiro atoms. The first kappa shape index (κ1) is 10.8. The van der Waals surface area contributed by atoms with Crippen LogP contribution in [0.25, 0.3) is 0 Å². The molecule has 0 aliphatic heterocycles. The van der Waals surface area contributed by atoms with Gasteiger partial charge in [0, 0.05) is 17.6 Å². The minimum absolute atomic E-state index is 0.583. The topological polar surface area (TPSA) is 59.9 Å². The molecule has 0 radical (unpaired) electrons. The van der Waals surface area contributed by atoms with E-state index in [1.54, 1.807) is 23.6 Å². The number of ether oxygens (including phenoxy) is 1. The first-order valence-corrected chi connectivity index (χ1v) is 5.83. The van der Waals surface area contributed by atoms with Gasteiger partial charge >= 0.3 is 0 Å². The molecule has 2 rings (SSSR count). The molecule has 6 heteroatoms. The van der Waals surface area contributed by atoms with Gasteiger partial charge in [0.2, 0.25) is 5.88 Å². The Kier molecular flexibility index (Phi) is 3.66. The SMILES string of the molecule is CCOc1cc(NCc2nccs2)ncn1. The molecule has 16 heavy (non-hydrogen) atoms. The van der Waals surface area contributed by atoms with Crippen molar-refractivity contribution in [2.75, 3.05) is 11.9 Å². The van der Waals surface area contributed by atoms with Crippen LogP contribution in [0.1, 0.15) is 11.9 Å². The van der Waals surface area contributed by atoms with Gasteiger partial charge in [0.15, 0.2) is 0 Å². The Morgan fingerprint density at radius 1 is 1.38 bits per heavy atom. The fourth-order valence-corrected chi connectivity index (χ4v) is 1.73. The molecule has 0 aromatic carbocycles. The van der Waals surface area contributed by atoms with Crippen molar-refractivity contribution >= 4 is 17.2 Å². The zero-order chi connectivity index (χ0) is 11.2. The van der Waals surface area contributed by atoms with Gasteiger partial charge in [0.1, 0.15) is 17.2 Å². The number of hydrogen-bond donors (Lipinski definition) is 1. The van der Waals surface area contributed by atoms with Crippen molar-refractivity contribution in [2.45, 2.75) is 13.5 Å². The predicted octanol–water partition coefficient (Wildman–Crippen LogP) is 1.94. The summed E-state index contributed by atoms with van der Waals surface area (Å²) in [5.41, 5.74) is 0. The van der Waals surface area contributed by atoms with Crippen LogP contribution in [-0.4, -0.2) is 21.6 Å². The third-order valence-electron chi connectivity index (χ3n) is 1.84. The van der Waals surface area contributed by atoms with E-state index in [4.69, 9.17) is 4.74 Å². The fraction of sp³-hybridized carbons (Fsp3) is 0.300. The number of thiazole rings is 1. The first-order chi connectivity index (χ1) is 7.88. The minimum Gasteiger partial charge on any atom is -0.478 e. The smallest absolute Gasteiger partial charge is 0.218 e. The molecule has 0 fully saturated rings. The number of aromatic nitrogens is 3. The van der Waals surface area contributed by atoms with Crippen LogP contribution in [-0.2, 0) is 6.54 Å². The van der Waals surface area contributed by atoms with Gasteiger partial charge in [-0.25, -0.2) is 15.0 Å². The molecule has 2 heterocycles. The summed E-state index contributed by atoms with van der Waals surface area (Å²) in [4.78, 5) is 12.3. The van der Waals surface area contributed by atoms with Crippen molar-refractivity contribution in [3.05, 3.63) is 29.0 Å². The molecule has 84 valence electrons. The van der Waals surface area contributed by atoms with Crippen molar-refractivity contribution in [3.8, 4) is 5.88 Å². The summed E-state index contributed by atoms with van der Waals surface area (Å²) in [5, 5.41) is 6.13. The molecular weight excluding hydrogens is 224 g/mol. The third-order valence-corrected chi connectivity index (χ3v) is 2.62. The highest BCUT2D eigenvalue weighted by Crippen LogP contribution is 2.12. The van der Waals surface area contributed by atoms with Crippen molar-refractivity contribution in [3.63, 3.8) is 0 Å². The number of hydrogen-bond acceptors (Lipinski definition) is 6. The first-order valence-electron chi connectivity index (χ1n) is 4.95. The molecule has 5 nitrogen and oxygen atoms in total. The second-order valence-corrected chi connectivity index (χ2v) is 3.93. The Balaban J connectivity index is 1.96. The van der Waals surface area contributed by atoms with Gasteiger partial charge in [0.25, 0.3) is 0 Å². The summed E-state index contributed by atoms with van der Waals surface area (Å²) < 4.78 is 5.28. The van der Waals surface area contributed by atoms with Gasteiger partial charge in [-0.05, 0) is 6.92 Å². The van der Waals surface area contributed by atoms with E-state index in [2.05, 4.69) is 20.3 Å². The van der Waals surface area contributed by atoms with E-state index < -0.39 is 0 Å². The van der Waals surface area contributed by atoms with E-state index in [9.17, 15) is 0 Å². The monoisotopic (exact) mass is 236 g/mol. The predicted molar refractivity (Wildman–Crippen MR) is 62.6 cm³/mol. The van der Waals surface area contributed by atoms with E-state index in [1.807, 2.05) is 12.3 Å². The Labute approximate surface area is 97.5 Å². The number of nitrogens with zero attached hydrogens (tertiary/aromatic N) is 3. The zero-order valence-corrected chi connectivity index (χ0v) is 9.70. The van der Waals surface area contributed by atoms with E-state index in [0.29, 0.717) is 19.0 Å². The molecule has 0 saturated carbocycles. The molecule has 2 aromatic rings. The average Bonchev–Trinajstić information content (AvgIpc) is 2.80. The normalized spacial score (nSPS) is 10.1. The van der Waals surface area contributed by atoms with Crippen molar-refractivity contribution < 1.29 is 4.74 Å². The molecule has 0 saturated heterocycles. The van der Waals surface area contributed by atoms with Gasteiger partial charge in [-0.2, -0.15) is 0 Å². The van der Waals surface area contributed by atoms with Crippen molar-refractivity contribution in [1.82, 2.24) is 15.0 Å².